The highest BCUT2D eigenvalue weighted by Gasteiger charge is 2.22. The van der Waals surface area contributed by atoms with Crippen LogP contribution in [0.2, 0.25) is 0 Å². The van der Waals surface area contributed by atoms with Gasteiger partial charge in [-0.2, -0.15) is 10.1 Å². The van der Waals surface area contributed by atoms with Crippen molar-refractivity contribution in [3.8, 4) is 17.1 Å². The number of nitrogens with one attached hydrogen (secondary N) is 1. The van der Waals surface area contributed by atoms with Gasteiger partial charge in [-0.15, -0.1) is 0 Å². The first-order valence-corrected chi connectivity index (χ1v) is 9.96. The van der Waals surface area contributed by atoms with Gasteiger partial charge >= 0.3 is 0 Å². The molecule has 0 spiro atoms. The van der Waals surface area contributed by atoms with E-state index >= 15 is 0 Å². The number of ether oxygens (including phenoxy) is 3. The zero-order chi connectivity index (χ0) is 19.6. The van der Waals surface area contributed by atoms with Crippen molar-refractivity contribution in [1.29, 1.82) is 0 Å². The summed E-state index contributed by atoms with van der Waals surface area (Å²) < 4.78 is 17.1. The number of nitrogens with zero attached hydrogens (tertiary/aromatic N) is 4. The van der Waals surface area contributed by atoms with E-state index in [4.69, 9.17) is 19.9 Å². The standard InChI is InChI=1S/C20H24N6O3/c21-16-12-15-18(20(23-16)29-14-2-7-27-8-3-14)19(25-24-15)13-1-4-22-17(11-13)26-5-9-28-10-6-26/h1,4,11-12,14H,2-3,5-10H2,(H2,21,23)(H,24,25). The van der Waals surface area contributed by atoms with Gasteiger partial charge in [0.15, 0.2) is 0 Å². The number of anilines is 2. The zero-order valence-electron chi connectivity index (χ0n) is 16.1. The second-order valence-corrected chi connectivity index (χ2v) is 7.28. The Labute approximate surface area is 168 Å². The molecule has 0 atom stereocenters. The lowest BCUT2D eigenvalue weighted by atomic mass is 10.1. The minimum atomic E-state index is 0.0605. The van der Waals surface area contributed by atoms with Crippen molar-refractivity contribution >= 4 is 22.5 Å². The average molecular weight is 396 g/mol. The fourth-order valence-corrected chi connectivity index (χ4v) is 3.81. The van der Waals surface area contributed by atoms with Gasteiger partial charge in [-0.1, -0.05) is 0 Å². The average Bonchev–Trinajstić information content (AvgIpc) is 3.19. The molecule has 152 valence electrons. The number of rotatable bonds is 4. The summed E-state index contributed by atoms with van der Waals surface area (Å²) in [6.07, 6.45) is 3.54. The fourth-order valence-electron chi connectivity index (χ4n) is 3.81. The van der Waals surface area contributed by atoms with Crippen LogP contribution in [0.5, 0.6) is 5.88 Å². The first-order chi connectivity index (χ1) is 14.3. The summed E-state index contributed by atoms with van der Waals surface area (Å²) in [6.45, 7) is 4.47. The molecule has 3 aromatic rings. The van der Waals surface area contributed by atoms with Crippen molar-refractivity contribution in [2.75, 3.05) is 50.2 Å². The molecule has 3 N–H and O–H groups in total. The molecule has 0 unspecified atom stereocenters. The Morgan fingerprint density at radius 1 is 1.10 bits per heavy atom. The normalized spacial score (nSPS) is 18.3. The van der Waals surface area contributed by atoms with E-state index < -0.39 is 0 Å². The van der Waals surface area contributed by atoms with E-state index in [-0.39, 0.29) is 6.10 Å². The summed E-state index contributed by atoms with van der Waals surface area (Å²) in [5, 5.41) is 8.46. The SMILES string of the molecule is Nc1cc2[nH]nc(-c3ccnc(N4CCOCC4)c3)c2c(OC2CCOCC2)n1. The Morgan fingerprint density at radius 2 is 1.90 bits per heavy atom. The van der Waals surface area contributed by atoms with E-state index in [1.54, 1.807) is 6.07 Å². The Bertz CT molecular complexity index is 995. The Morgan fingerprint density at radius 3 is 2.72 bits per heavy atom. The lowest BCUT2D eigenvalue weighted by Crippen LogP contribution is -2.36. The summed E-state index contributed by atoms with van der Waals surface area (Å²) in [5.41, 5.74) is 8.55. The van der Waals surface area contributed by atoms with Crippen LogP contribution < -0.4 is 15.4 Å². The van der Waals surface area contributed by atoms with Crippen LogP contribution in [0.3, 0.4) is 0 Å². The van der Waals surface area contributed by atoms with E-state index in [0.29, 0.717) is 38.1 Å². The molecule has 0 amide bonds. The van der Waals surface area contributed by atoms with E-state index in [0.717, 1.165) is 53.9 Å². The van der Waals surface area contributed by atoms with Gasteiger partial charge in [0.25, 0.3) is 0 Å². The third-order valence-corrected chi connectivity index (χ3v) is 5.33. The van der Waals surface area contributed by atoms with Crippen molar-refractivity contribution in [3.63, 3.8) is 0 Å². The number of hydrogen-bond donors (Lipinski definition) is 2. The molecule has 0 saturated carbocycles. The molecule has 0 aromatic carbocycles. The largest absolute Gasteiger partial charge is 0.474 e. The molecule has 9 nitrogen and oxygen atoms in total. The summed E-state index contributed by atoms with van der Waals surface area (Å²) in [5.74, 6) is 1.83. The third-order valence-electron chi connectivity index (χ3n) is 5.33. The Hall–Kier alpha value is -2.91. The van der Waals surface area contributed by atoms with Gasteiger partial charge in [0, 0.05) is 43.8 Å². The second kappa shape index (κ2) is 7.84. The first-order valence-electron chi connectivity index (χ1n) is 9.96. The molecule has 29 heavy (non-hydrogen) atoms. The Kier molecular flexibility index (Phi) is 4.91. The molecule has 0 bridgehead atoms. The highest BCUT2D eigenvalue weighted by atomic mass is 16.5. The number of fused-ring (bicyclic) bond motifs is 1. The number of morpholine rings is 1. The predicted molar refractivity (Wildman–Crippen MR) is 109 cm³/mol. The highest BCUT2D eigenvalue weighted by molar-refractivity contribution is 5.97. The smallest absolute Gasteiger partial charge is 0.227 e. The molecule has 0 aliphatic carbocycles. The number of H-pyrrole nitrogens is 1. The number of aromatic amines is 1. The van der Waals surface area contributed by atoms with Crippen molar-refractivity contribution in [3.05, 3.63) is 24.4 Å². The van der Waals surface area contributed by atoms with Gasteiger partial charge in [0.2, 0.25) is 5.88 Å². The molecule has 3 aromatic heterocycles. The molecule has 5 heterocycles. The molecule has 0 radical (unpaired) electrons. The quantitative estimate of drug-likeness (QED) is 0.689. The van der Waals surface area contributed by atoms with Crippen LogP contribution in [-0.2, 0) is 9.47 Å². The number of nitrogens with two attached hydrogens (primary N) is 1. The van der Waals surface area contributed by atoms with Crippen molar-refractivity contribution in [1.82, 2.24) is 20.2 Å². The monoisotopic (exact) mass is 396 g/mol. The maximum Gasteiger partial charge on any atom is 0.227 e. The van der Waals surface area contributed by atoms with Crippen LogP contribution in [0.1, 0.15) is 12.8 Å². The summed E-state index contributed by atoms with van der Waals surface area (Å²) in [4.78, 5) is 11.2. The van der Waals surface area contributed by atoms with Crippen molar-refractivity contribution in [2.45, 2.75) is 18.9 Å². The zero-order valence-corrected chi connectivity index (χ0v) is 16.1. The van der Waals surface area contributed by atoms with E-state index in [1.807, 2.05) is 12.3 Å². The molecule has 2 aliphatic heterocycles. The van der Waals surface area contributed by atoms with E-state index in [9.17, 15) is 0 Å². The van der Waals surface area contributed by atoms with Crippen LogP contribution in [-0.4, -0.2) is 65.8 Å². The molecule has 2 aliphatic rings. The number of aromatic nitrogens is 4. The van der Waals surface area contributed by atoms with Crippen LogP contribution in [0.25, 0.3) is 22.2 Å². The van der Waals surface area contributed by atoms with Crippen LogP contribution in [0.4, 0.5) is 11.6 Å². The molecular formula is C20H24N6O3. The minimum absolute atomic E-state index is 0.0605. The number of nitrogen functional groups attached to an aromatic ring is 1. The maximum absolute atomic E-state index is 6.24. The van der Waals surface area contributed by atoms with Crippen LogP contribution >= 0.6 is 0 Å². The van der Waals surface area contributed by atoms with Gasteiger partial charge in [-0.25, -0.2) is 4.98 Å². The first kappa shape index (κ1) is 18.1. The molecular weight excluding hydrogens is 372 g/mol. The van der Waals surface area contributed by atoms with Gasteiger partial charge < -0.3 is 24.8 Å². The van der Waals surface area contributed by atoms with Crippen molar-refractivity contribution < 1.29 is 14.2 Å². The third kappa shape index (κ3) is 3.70. The summed E-state index contributed by atoms with van der Waals surface area (Å²) >= 11 is 0. The maximum atomic E-state index is 6.24. The van der Waals surface area contributed by atoms with Gasteiger partial charge in [0.1, 0.15) is 23.4 Å². The minimum Gasteiger partial charge on any atom is -0.474 e. The van der Waals surface area contributed by atoms with Gasteiger partial charge in [-0.3, -0.25) is 5.10 Å². The predicted octanol–water partition coefficient (Wildman–Crippen LogP) is 2.00. The second-order valence-electron chi connectivity index (χ2n) is 7.28. The van der Waals surface area contributed by atoms with Crippen LogP contribution in [0, 0.1) is 0 Å². The lowest BCUT2D eigenvalue weighted by Gasteiger charge is -2.28. The molecule has 5 rings (SSSR count). The van der Waals surface area contributed by atoms with Crippen molar-refractivity contribution in [2.24, 2.45) is 0 Å². The van der Waals surface area contributed by atoms with E-state index in [2.05, 4.69) is 31.1 Å². The molecule has 2 fully saturated rings. The number of hydrogen-bond acceptors (Lipinski definition) is 8. The van der Waals surface area contributed by atoms with E-state index in [1.165, 1.54) is 0 Å². The Balaban J connectivity index is 1.53. The van der Waals surface area contributed by atoms with Gasteiger partial charge in [-0.05, 0) is 12.1 Å². The summed E-state index contributed by atoms with van der Waals surface area (Å²) in [7, 11) is 0. The molecule has 2 saturated heterocycles. The number of pyridine rings is 2. The molecule has 9 heteroatoms. The lowest BCUT2D eigenvalue weighted by molar-refractivity contribution is 0.0245. The fraction of sp³-hybridized carbons (Fsp3) is 0.450. The van der Waals surface area contributed by atoms with Gasteiger partial charge in [0.05, 0.1) is 37.3 Å². The highest BCUT2D eigenvalue weighted by Crippen LogP contribution is 2.35. The summed E-state index contributed by atoms with van der Waals surface area (Å²) in [6, 6.07) is 5.79. The van der Waals surface area contributed by atoms with Crippen LogP contribution in [0.15, 0.2) is 24.4 Å². The topological polar surface area (TPSA) is 111 Å².